The molecular formula is C20H32N2O4S. The zero-order chi connectivity index (χ0) is 20.4. The van der Waals surface area contributed by atoms with Crippen LogP contribution in [-0.2, 0) is 19.6 Å². The van der Waals surface area contributed by atoms with Crippen LogP contribution < -0.4 is 0 Å². The number of sulfonamides is 1. The molecule has 0 aliphatic carbocycles. The minimum absolute atomic E-state index is 0.211. The van der Waals surface area contributed by atoms with Gasteiger partial charge in [-0.25, -0.2) is 8.42 Å². The lowest BCUT2D eigenvalue weighted by Gasteiger charge is -2.25. The Bertz CT molecular complexity index is 789. The van der Waals surface area contributed by atoms with Gasteiger partial charge in [0.15, 0.2) is 0 Å². The predicted molar refractivity (Wildman–Crippen MR) is 107 cm³/mol. The van der Waals surface area contributed by atoms with Crippen molar-refractivity contribution in [3.63, 3.8) is 0 Å². The van der Waals surface area contributed by atoms with Crippen LogP contribution in [0.25, 0.3) is 0 Å². The first-order valence-electron chi connectivity index (χ1n) is 9.56. The third-order valence-electron chi connectivity index (χ3n) is 5.73. The summed E-state index contributed by atoms with van der Waals surface area (Å²) in [6.07, 6.45) is 0.695. The van der Waals surface area contributed by atoms with Gasteiger partial charge in [0.2, 0.25) is 10.0 Å². The lowest BCUT2D eigenvalue weighted by atomic mass is 9.95. The number of ether oxygens (including phenoxy) is 1. The molecule has 0 radical (unpaired) electrons. The van der Waals surface area contributed by atoms with Gasteiger partial charge in [0.25, 0.3) is 0 Å². The Morgan fingerprint density at radius 3 is 2.00 bits per heavy atom. The van der Waals surface area contributed by atoms with Crippen molar-refractivity contribution < 1.29 is 17.9 Å². The fourth-order valence-corrected chi connectivity index (χ4v) is 5.75. The van der Waals surface area contributed by atoms with E-state index in [4.69, 9.17) is 4.74 Å². The molecule has 1 saturated heterocycles. The number of carbonyl (C=O) groups is 1. The molecule has 6 nitrogen and oxygen atoms in total. The normalized spacial score (nSPS) is 17.0. The van der Waals surface area contributed by atoms with Crippen LogP contribution in [0.2, 0.25) is 0 Å². The van der Waals surface area contributed by atoms with Gasteiger partial charge in [0, 0.05) is 26.2 Å². The summed E-state index contributed by atoms with van der Waals surface area (Å²) < 4.78 is 33.5. The standard InChI is InChI=1S/C20H32N2O4S/c1-7-26-19(23)13-21-9-8-10-22(12-11-21)27(24,25)20-17(5)15(3)14(2)16(4)18(20)6/h7-13H2,1-6H3. The molecule has 1 heterocycles. The molecule has 1 fully saturated rings. The van der Waals surface area contributed by atoms with E-state index in [0.29, 0.717) is 44.1 Å². The summed E-state index contributed by atoms with van der Waals surface area (Å²) in [5, 5.41) is 0. The molecule has 0 N–H and O–H groups in total. The third-order valence-corrected chi connectivity index (χ3v) is 7.91. The summed E-state index contributed by atoms with van der Waals surface area (Å²) in [4.78, 5) is 14.1. The monoisotopic (exact) mass is 396 g/mol. The zero-order valence-electron chi connectivity index (χ0n) is 17.4. The average Bonchev–Trinajstić information content (AvgIpc) is 2.84. The maximum atomic E-state index is 13.4. The number of benzene rings is 1. The molecule has 1 aliphatic heterocycles. The number of esters is 1. The predicted octanol–water partition coefficient (Wildman–Crippen LogP) is 2.49. The van der Waals surface area contributed by atoms with Crippen molar-refractivity contribution in [2.24, 2.45) is 0 Å². The molecule has 0 bridgehead atoms. The molecule has 2 rings (SSSR count). The number of hydrogen-bond acceptors (Lipinski definition) is 5. The van der Waals surface area contributed by atoms with E-state index in [9.17, 15) is 13.2 Å². The molecule has 0 amide bonds. The van der Waals surface area contributed by atoms with Crippen LogP contribution in [0.1, 0.15) is 41.2 Å². The summed E-state index contributed by atoms with van der Waals surface area (Å²) in [6, 6.07) is 0. The van der Waals surface area contributed by atoms with E-state index in [1.54, 1.807) is 11.2 Å². The number of carbonyl (C=O) groups excluding carboxylic acids is 1. The molecule has 0 spiro atoms. The van der Waals surface area contributed by atoms with Crippen LogP contribution in [0.3, 0.4) is 0 Å². The van der Waals surface area contributed by atoms with Crippen LogP contribution in [-0.4, -0.2) is 62.9 Å². The Kier molecular flexibility index (Phi) is 7.05. The van der Waals surface area contributed by atoms with Gasteiger partial charge in [-0.15, -0.1) is 0 Å². The van der Waals surface area contributed by atoms with E-state index in [0.717, 1.165) is 27.8 Å². The van der Waals surface area contributed by atoms with E-state index in [1.165, 1.54) is 0 Å². The second kappa shape index (κ2) is 8.71. The van der Waals surface area contributed by atoms with Gasteiger partial charge in [0.05, 0.1) is 18.0 Å². The average molecular weight is 397 g/mol. The van der Waals surface area contributed by atoms with Gasteiger partial charge in [-0.3, -0.25) is 9.69 Å². The second-order valence-electron chi connectivity index (χ2n) is 7.29. The lowest BCUT2D eigenvalue weighted by Crippen LogP contribution is -2.37. The molecule has 7 heteroatoms. The number of hydrogen-bond donors (Lipinski definition) is 0. The molecule has 1 aromatic carbocycles. The lowest BCUT2D eigenvalue weighted by molar-refractivity contribution is -0.144. The minimum Gasteiger partial charge on any atom is -0.465 e. The maximum Gasteiger partial charge on any atom is 0.320 e. The van der Waals surface area contributed by atoms with E-state index >= 15 is 0 Å². The van der Waals surface area contributed by atoms with Crippen molar-refractivity contribution in [1.29, 1.82) is 0 Å². The van der Waals surface area contributed by atoms with Gasteiger partial charge < -0.3 is 4.74 Å². The Labute approximate surface area is 163 Å². The Morgan fingerprint density at radius 2 is 1.44 bits per heavy atom. The van der Waals surface area contributed by atoms with Crippen molar-refractivity contribution >= 4 is 16.0 Å². The highest BCUT2D eigenvalue weighted by molar-refractivity contribution is 7.89. The maximum absolute atomic E-state index is 13.4. The fraction of sp³-hybridized carbons (Fsp3) is 0.650. The molecule has 1 aromatic rings. The largest absolute Gasteiger partial charge is 0.465 e. The van der Waals surface area contributed by atoms with Gasteiger partial charge >= 0.3 is 5.97 Å². The number of nitrogens with zero attached hydrogens (tertiary/aromatic N) is 2. The van der Waals surface area contributed by atoms with E-state index < -0.39 is 10.0 Å². The molecule has 152 valence electrons. The Hall–Kier alpha value is -1.44. The van der Waals surface area contributed by atoms with Crippen molar-refractivity contribution in [2.75, 3.05) is 39.3 Å². The summed E-state index contributed by atoms with van der Waals surface area (Å²) in [7, 11) is -3.58. The van der Waals surface area contributed by atoms with Crippen molar-refractivity contribution in [1.82, 2.24) is 9.21 Å². The van der Waals surface area contributed by atoms with Crippen LogP contribution in [0.15, 0.2) is 4.90 Å². The highest BCUT2D eigenvalue weighted by Gasteiger charge is 2.31. The molecule has 0 unspecified atom stereocenters. The SMILES string of the molecule is CCOC(=O)CN1CCCN(S(=O)(=O)c2c(C)c(C)c(C)c(C)c2C)CC1. The zero-order valence-corrected chi connectivity index (χ0v) is 18.2. The molecular weight excluding hydrogens is 364 g/mol. The van der Waals surface area contributed by atoms with Crippen molar-refractivity contribution in [3.8, 4) is 0 Å². The van der Waals surface area contributed by atoms with Gasteiger partial charge in [-0.05, 0) is 75.8 Å². The Morgan fingerprint density at radius 1 is 0.889 bits per heavy atom. The van der Waals surface area contributed by atoms with Crippen molar-refractivity contribution in [3.05, 3.63) is 27.8 Å². The molecule has 0 aromatic heterocycles. The minimum atomic E-state index is -3.58. The third kappa shape index (κ3) is 4.52. The first kappa shape index (κ1) is 21.9. The van der Waals surface area contributed by atoms with Gasteiger partial charge in [0.1, 0.15) is 0 Å². The van der Waals surface area contributed by atoms with E-state index in [2.05, 4.69) is 0 Å². The first-order valence-corrected chi connectivity index (χ1v) is 11.0. The van der Waals surface area contributed by atoms with E-state index in [-0.39, 0.29) is 12.5 Å². The number of rotatable bonds is 5. The summed E-state index contributed by atoms with van der Waals surface area (Å²) in [5.74, 6) is -0.259. The van der Waals surface area contributed by atoms with Crippen LogP contribution in [0, 0.1) is 34.6 Å². The highest BCUT2D eigenvalue weighted by atomic mass is 32.2. The first-order chi connectivity index (χ1) is 12.6. The second-order valence-corrected chi connectivity index (χ2v) is 9.17. The fourth-order valence-electron chi connectivity index (χ4n) is 3.72. The summed E-state index contributed by atoms with van der Waals surface area (Å²) in [6.45, 7) is 14.2. The topological polar surface area (TPSA) is 66.9 Å². The smallest absolute Gasteiger partial charge is 0.320 e. The quantitative estimate of drug-likeness (QED) is 0.716. The van der Waals surface area contributed by atoms with Gasteiger partial charge in [-0.1, -0.05) is 0 Å². The molecule has 0 saturated carbocycles. The summed E-state index contributed by atoms with van der Waals surface area (Å²) in [5.41, 5.74) is 4.90. The Balaban J connectivity index is 2.27. The van der Waals surface area contributed by atoms with Crippen LogP contribution in [0.4, 0.5) is 0 Å². The molecule has 1 aliphatic rings. The van der Waals surface area contributed by atoms with Crippen LogP contribution in [0.5, 0.6) is 0 Å². The molecule has 27 heavy (non-hydrogen) atoms. The van der Waals surface area contributed by atoms with Gasteiger partial charge in [-0.2, -0.15) is 4.31 Å². The van der Waals surface area contributed by atoms with Crippen LogP contribution >= 0.6 is 0 Å². The molecule has 0 atom stereocenters. The van der Waals surface area contributed by atoms with Crippen molar-refractivity contribution in [2.45, 2.75) is 52.9 Å². The highest BCUT2D eigenvalue weighted by Crippen LogP contribution is 2.31. The van der Waals surface area contributed by atoms with E-state index in [1.807, 2.05) is 39.5 Å². The summed E-state index contributed by atoms with van der Waals surface area (Å²) >= 11 is 0.